The Labute approximate surface area is 89.3 Å². The van der Waals surface area contributed by atoms with Crippen molar-refractivity contribution in [3.05, 3.63) is 29.3 Å². The summed E-state index contributed by atoms with van der Waals surface area (Å²) in [5.41, 5.74) is 2.12. The molecule has 1 aliphatic rings. The maximum Gasteiger partial charge on any atom is 0.209 e. The lowest BCUT2D eigenvalue weighted by molar-refractivity contribution is 0.357. The smallest absolute Gasteiger partial charge is 0.209 e. The van der Waals surface area contributed by atoms with Crippen molar-refractivity contribution >= 4 is 10.0 Å². The first-order valence-electron chi connectivity index (χ1n) is 4.74. The number of sulfonamides is 1. The number of hydrogen-bond donors (Lipinski definition) is 1. The Bertz CT molecular complexity index is 468. The van der Waals surface area contributed by atoms with Crippen LogP contribution in [0.4, 0.5) is 0 Å². The number of fused-ring (bicyclic) bond motifs is 1. The van der Waals surface area contributed by atoms with Crippen LogP contribution in [0.3, 0.4) is 0 Å². The average molecular weight is 227 g/mol. The molecule has 1 aliphatic heterocycles. The highest BCUT2D eigenvalue weighted by atomic mass is 32.2. The number of hydrogen-bond acceptors (Lipinski definition) is 3. The lowest BCUT2D eigenvalue weighted by Crippen LogP contribution is -2.21. The standard InChI is InChI=1S/C10H13NO3S/c1-15(12,13)11-7-8-2-3-10-9(6-8)4-5-14-10/h2-3,6,11H,4-5,7H2,1H3. The van der Waals surface area contributed by atoms with Gasteiger partial charge in [-0.25, -0.2) is 13.1 Å². The van der Waals surface area contributed by atoms with Crippen molar-refractivity contribution in [3.8, 4) is 5.75 Å². The molecule has 1 aromatic carbocycles. The number of ether oxygens (including phenoxy) is 1. The maximum absolute atomic E-state index is 10.9. The van der Waals surface area contributed by atoms with Gasteiger partial charge in [0.1, 0.15) is 5.75 Å². The summed E-state index contributed by atoms with van der Waals surface area (Å²) in [6.45, 7) is 1.06. The molecule has 2 rings (SSSR count). The van der Waals surface area contributed by atoms with Crippen molar-refractivity contribution in [1.82, 2.24) is 4.72 Å². The summed E-state index contributed by atoms with van der Waals surface area (Å²) < 4.78 is 29.6. The molecule has 0 aliphatic carbocycles. The highest BCUT2D eigenvalue weighted by Crippen LogP contribution is 2.25. The largest absolute Gasteiger partial charge is 0.493 e. The van der Waals surface area contributed by atoms with Crippen molar-refractivity contribution < 1.29 is 13.2 Å². The zero-order valence-corrected chi connectivity index (χ0v) is 9.30. The quantitative estimate of drug-likeness (QED) is 0.825. The summed E-state index contributed by atoms with van der Waals surface area (Å²) in [7, 11) is -3.12. The lowest BCUT2D eigenvalue weighted by atomic mass is 10.1. The van der Waals surface area contributed by atoms with Gasteiger partial charge in [0, 0.05) is 13.0 Å². The third kappa shape index (κ3) is 2.70. The Morgan fingerprint density at radius 1 is 1.47 bits per heavy atom. The van der Waals surface area contributed by atoms with E-state index in [0.717, 1.165) is 36.2 Å². The highest BCUT2D eigenvalue weighted by Gasteiger charge is 2.12. The summed E-state index contributed by atoms with van der Waals surface area (Å²) >= 11 is 0. The molecule has 15 heavy (non-hydrogen) atoms. The second kappa shape index (κ2) is 3.83. The summed E-state index contributed by atoms with van der Waals surface area (Å²) in [4.78, 5) is 0. The van der Waals surface area contributed by atoms with Crippen LogP contribution in [0, 0.1) is 0 Å². The van der Waals surface area contributed by atoms with E-state index in [9.17, 15) is 8.42 Å². The van der Waals surface area contributed by atoms with Crippen LogP contribution in [0.15, 0.2) is 18.2 Å². The van der Waals surface area contributed by atoms with E-state index >= 15 is 0 Å². The molecule has 0 saturated carbocycles. The lowest BCUT2D eigenvalue weighted by Gasteiger charge is -2.04. The van der Waals surface area contributed by atoms with Gasteiger partial charge in [0.05, 0.1) is 12.9 Å². The molecular weight excluding hydrogens is 214 g/mol. The zero-order valence-electron chi connectivity index (χ0n) is 8.49. The molecular formula is C10H13NO3S. The van der Waals surface area contributed by atoms with E-state index in [-0.39, 0.29) is 0 Å². The molecule has 0 aromatic heterocycles. The molecule has 0 radical (unpaired) electrons. The average Bonchev–Trinajstić information content (AvgIpc) is 2.60. The summed E-state index contributed by atoms with van der Waals surface area (Å²) in [6, 6.07) is 5.75. The Morgan fingerprint density at radius 2 is 2.27 bits per heavy atom. The van der Waals surface area contributed by atoms with E-state index in [2.05, 4.69) is 4.72 Å². The second-order valence-corrected chi connectivity index (χ2v) is 5.47. The topological polar surface area (TPSA) is 55.4 Å². The zero-order chi connectivity index (χ0) is 10.9. The molecule has 4 nitrogen and oxygen atoms in total. The van der Waals surface area contributed by atoms with E-state index in [1.165, 1.54) is 0 Å². The van der Waals surface area contributed by atoms with Gasteiger partial charge in [0.25, 0.3) is 0 Å². The molecule has 1 N–H and O–H groups in total. The number of rotatable bonds is 3. The second-order valence-electron chi connectivity index (χ2n) is 3.63. The van der Waals surface area contributed by atoms with Gasteiger partial charge in [0.2, 0.25) is 10.0 Å². The first-order chi connectivity index (χ1) is 7.04. The van der Waals surface area contributed by atoms with Crippen LogP contribution in [0.2, 0.25) is 0 Å². The van der Waals surface area contributed by atoms with Gasteiger partial charge < -0.3 is 4.74 Å². The third-order valence-corrected chi connectivity index (χ3v) is 2.96. The van der Waals surface area contributed by atoms with Crippen LogP contribution >= 0.6 is 0 Å². The normalized spacial score (nSPS) is 14.7. The van der Waals surface area contributed by atoms with Gasteiger partial charge in [-0.3, -0.25) is 0 Å². The number of benzene rings is 1. The molecule has 82 valence electrons. The van der Waals surface area contributed by atoms with Crippen LogP contribution in [0.1, 0.15) is 11.1 Å². The van der Waals surface area contributed by atoms with E-state index in [1.54, 1.807) is 0 Å². The molecule has 0 saturated heterocycles. The summed E-state index contributed by atoms with van der Waals surface area (Å²) in [6.07, 6.45) is 2.06. The van der Waals surface area contributed by atoms with Crippen LogP contribution in [-0.4, -0.2) is 21.3 Å². The van der Waals surface area contributed by atoms with E-state index < -0.39 is 10.0 Å². The Morgan fingerprint density at radius 3 is 3.00 bits per heavy atom. The monoisotopic (exact) mass is 227 g/mol. The van der Waals surface area contributed by atoms with E-state index in [0.29, 0.717) is 6.54 Å². The fourth-order valence-electron chi connectivity index (χ4n) is 1.56. The molecule has 0 spiro atoms. The van der Waals surface area contributed by atoms with Crippen molar-refractivity contribution in [2.75, 3.05) is 12.9 Å². The van der Waals surface area contributed by atoms with Gasteiger partial charge in [0.15, 0.2) is 0 Å². The van der Waals surface area contributed by atoms with Crippen LogP contribution < -0.4 is 9.46 Å². The molecule has 0 unspecified atom stereocenters. The molecule has 0 atom stereocenters. The van der Waals surface area contributed by atoms with Crippen LogP contribution in [0.25, 0.3) is 0 Å². The Hall–Kier alpha value is -1.07. The Balaban J connectivity index is 2.10. The third-order valence-electron chi connectivity index (χ3n) is 2.29. The predicted molar refractivity (Wildman–Crippen MR) is 57.3 cm³/mol. The first-order valence-corrected chi connectivity index (χ1v) is 6.63. The van der Waals surface area contributed by atoms with Gasteiger partial charge >= 0.3 is 0 Å². The minimum absolute atomic E-state index is 0.339. The van der Waals surface area contributed by atoms with Gasteiger partial charge in [-0.1, -0.05) is 12.1 Å². The minimum Gasteiger partial charge on any atom is -0.493 e. The number of nitrogens with one attached hydrogen (secondary N) is 1. The summed E-state index contributed by atoms with van der Waals surface area (Å²) in [5, 5.41) is 0. The van der Waals surface area contributed by atoms with Crippen LogP contribution in [-0.2, 0) is 23.0 Å². The van der Waals surface area contributed by atoms with Gasteiger partial charge in [-0.05, 0) is 17.2 Å². The minimum atomic E-state index is -3.12. The maximum atomic E-state index is 10.9. The molecule has 0 amide bonds. The van der Waals surface area contributed by atoms with Gasteiger partial charge in [-0.15, -0.1) is 0 Å². The van der Waals surface area contributed by atoms with Crippen molar-refractivity contribution in [1.29, 1.82) is 0 Å². The van der Waals surface area contributed by atoms with Crippen molar-refractivity contribution in [2.24, 2.45) is 0 Å². The van der Waals surface area contributed by atoms with Crippen LogP contribution in [0.5, 0.6) is 5.75 Å². The molecule has 0 fully saturated rings. The first kappa shape index (κ1) is 10.4. The molecule has 0 bridgehead atoms. The highest BCUT2D eigenvalue weighted by molar-refractivity contribution is 7.88. The molecule has 1 aromatic rings. The fourth-order valence-corrected chi connectivity index (χ4v) is 1.99. The molecule has 1 heterocycles. The Kier molecular flexibility index (Phi) is 2.67. The fraction of sp³-hybridized carbons (Fsp3) is 0.400. The van der Waals surface area contributed by atoms with E-state index in [1.807, 2.05) is 18.2 Å². The molecule has 5 heteroatoms. The summed E-state index contributed by atoms with van der Waals surface area (Å²) in [5.74, 6) is 0.915. The van der Waals surface area contributed by atoms with Crippen molar-refractivity contribution in [2.45, 2.75) is 13.0 Å². The van der Waals surface area contributed by atoms with Gasteiger partial charge in [-0.2, -0.15) is 0 Å². The van der Waals surface area contributed by atoms with E-state index in [4.69, 9.17) is 4.74 Å². The SMILES string of the molecule is CS(=O)(=O)NCc1ccc2c(c1)CCO2. The predicted octanol–water partition coefficient (Wildman–Crippen LogP) is 0.671. The van der Waals surface area contributed by atoms with Crippen molar-refractivity contribution in [3.63, 3.8) is 0 Å².